The fourth-order valence-electron chi connectivity index (χ4n) is 2.26. The van der Waals surface area contributed by atoms with Crippen molar-refractivity contribution in [2.75, 3.05) is 6.54 Å². The molecule has 2 rings (SSSR count). The number of amides is 1. The molecule has 8 nitrogen and oxygen atoms in total. The number of nitro groups is 1. The van der Waals surface area contributed by atoms with Crippen LogP contribution < -0.4 is 0 Å². The summed E-state index contributed by atoms with van der Waals surface area (Å²) in [5, 5.41) is 29.7. The number of nitrogens with zero attached hydrogens (tertiary/aromatic N) is 2. The Bertz CT molecular complexity index is 620. The van der Waals surface area contributed by atoms with Crippen molar-refractivity contribution in [3.63, 3.8) is 0 Å². The molecule has 1 aromatic rings. The van der Waals surface area contributed by atoms with Gasteiger partial charge in [0.05, 0.1) is 11.0 Å². The van der Waals surface area contributed by atoms with E-state index in [1.807, 2.05) is 0 Å². The molecular weight excluding hydrogens is 304 g/mol. The summed E-state index contributed by atoms with van der Waals surface area (Å²) in [5.41, 5.74) is -0.761. The second-order valence-electron chi connectivity index (χ2n) is 4.62. The average molecular weight is 315 g/mol. The number of β-amino-alcohol motifs (C(OH)–C–C–N with tert-alkyl or cyclic N) is 1. The summed E-state index contributed by atoms with van der Waals surface area (Å²) in [5.74, 6) is -2.08. The van der Waals surface area contributed by atoms with Crippen LogP contribution in [0.2, 0.25) is 5.02 Å². The zero-order chi connectivity index (χ0) is 15.7. The molecule has 2 N–H and O–H groups in total. The largest absolute Gasteiger partial charge is 0.480 e. The molecule has 1 aliphatic heterocycles. The van der Waals surface area contributed by atoms with Gasteiger partial charge in [-0.25, -0.2) is 4.79 Å². The van der Waals surface area contributed by atoms with Crippen molar-refractivity contribution in [3.8, 4) is 0 Å². The first kappa shape index (κ1) is 15.2. The van der Waals surface area contributed by atoms with E-state index in [4.69, 9.17) is 16.7 Å². The van der Waals surface area contributed by atoms with Crippen LogP contribution in [0.4, 0.5) is 5.69 Å². The zero-order valence-electron chi connectivity index (χ0n) is 10.6. The number of carbonyl (C=O) groups excluding carboxylic acids is 1. The Hall–Kier alpha value is -2.19. The summed E-state index contributed by atoms with van der Waals surface area (Å²) in [6.45, 7) is -0.185. The van der Waals surface area contributed by atoms with Gasteiger partial charge in [-0.2, -0.15) is 0 Å². The molecule has 21 heavy (non-hydrogen) atoms. The van der Waals surface area contributed by atoms with Crippen molar-refractivity contribution in [2.24, 2.45) is 0 Å². The van der Waals surface area contributed by atoms with E-state index in [2.05, 4.69) is 0 Å². The zero-order valence-corrected chi connectivity index (χ0v) is 11.4. The van der Waals surface area contributed by atoms with Crippen LogP contribution in [0.25, 0.3) is 0 Å². The standard InChI is InChI=1S/C12H11ClN2O6/c13-6-1-2-8(9(3-6)15(20)21)11(17)14-5-7(16)4-10(14)12(18)19/h1-3,7,10,16H,4-5H2,(H,18,19)/t7?,10-/m0/s1. The fourth-order valence-corrected chi connectivity index (χ4v) is 2.43. The maximum absolute atomic E-state index is 12.3. The molecule has 1 unspecified atom stereocenters. The van der Waals surface area contributed by atoms with Crippen LogP contribution in [0, 0.1) is 10.1 Å². The number of rotatable bonds is 3. The Labute approximate surface area is 123 Å². The third-order valence-corrected chi connectivity index (χ3v) is 3.45. The van der Waals surface area contributed by atoms with Gasteiger partial charge >= 0.3 is 5.97 Å². The van der Waals surface area contributed by atoms with Gasteiger partial charge in [0, 0.05) is 24.1 Å². The average Bonchev–Trinajstić information content (AvgIpc) is 2.80. The molecule has 1 aromatic carbocycles. The molecule has 0 aliphatic carbocycles. The van der Waals surface area contributed by atoms with Crippen LogP contribution in [0.1, 0.15) is 16.8 Å². The number of benzene rings is 1. The first-order valence-corrected chi connectivity index (χ1v) is 6.35. The van der Waals surface area contributed by atoms with E-state index in [9.17, 15) is 24.8 Å². The highest BCUT2D eigenvalue weighted by atomic mass is 35.5. The van der Waals surface area contributed by atoms with Crippen LogP contribution in [0.3, 0.4) is 0 Å². The molecule has 1 aliphatic rings. The Morgan fingerprint density at radius 1 is 1.43 bits per heavy atom. The highest BCUT2D eigenvalue weighted by Gasteiger charge is 2.40. The number of carbonyl (C=O) groups is 2. The summed E-state index contributed by atoms with van der Waals surface area (Å²) in [6.07, 6.45) is -1.08. The number of carboxylic acids is 1. The second-order valence-corrected chi connectivity index (χ2v) is 5.06. The lowest BCUT2D eigenvalue weighted by molar-refractivity contribution is -0.385. The van der Waals surface area contributed by atoms with E-state index in [0.29, 0.717) is 0 Å². The van der Waals surface area contributed by atoms with Crippen LogP contribution in [0.5, 0.6) is 0 Å². The number of hydrogen-bond donors (Lipinski definition) is 2. The minimum absolute atomic E-state index is 0.0921. The molecule has 9 heteroatoms. The number of aliphatic hydroxyl groups excluding tert-OH is 1. The SMILES string of the molecule is O=C(O)[C@@H]1CC(O)CN1C(=O)c1ccc(Cl)cc1[N+](=O)[O-]. The molecule has 1 saturated heterocycles. The Morgan fingerprint density at radius 3 is 2.67 bits per heavy atom. The summed E-state index contributed by atoms with van der Waals surface area (Å²) >= 11 is 5.66. The number of carboxylic acid groups (broad SMARTS) is 1. The van der Waals surface area contributed by atoms with Gasteiger partial charge < -0.3 is 15.1 Å². The molecule has 1 heterocycles. The van der Waals surface area contributed by atoms with Gasteiger partial charge in [0.15, 0.2) is 0 Å². The monoisotopic (exact) mass is 314 g/mol. The van der Waals surface area contributed by atoms with Gasteiger partial charge in [-0.3, -0.25) is 14.9 Å². The minimum atomic E-state index is -1.27. The number of likely N-dealkylation sites (tertiary alicyclic amines) is 1. The Morgan fingerprint density at radius 2 is 2.10 bits per heavy atom. The van der Waals surface area contributed by atoms with Crippen molar-refractivity contribution in [3.05, 3.63) is 38.9 Å². The summed E-state index contributed by atoms with van der Waals surface area (Å²) in [4.78, 5) is 34.6. The smallest absolute Gasteiger partial charge is 0.326 e. The second kappa shape index (κ2) is 5.66. The third-order valence-electron chi connectivity index (χ3n) is 3.21. The van der Waals surface area contributed by atoms with E-state index < -0.39 is 34.6 Å². The molecule has 0 aromatic heterocycles. The number of aliphatic hydroxyl groups is 1. The van der Waals surface area contributed by atoms with Crippen LogP contribution in [-0.2, 0) is 4.79 Å². The summed E-state index contributed by atoms with van der Waals surface area (Å²) in [6, 6.07) is 2.30. The lowest BCUT2D eigenvalue weighted by Gasteiger charge is -2.21. The van der Waals surface area contributed by atoms with E-state index in [1.54, 1.807) is 0 Å². The Balaban J connectivity index is 2.40. The van der Waals surface area contributed by atoms with Gasteiger partial charge in [-0.15, -0.1) is 0 Å². The maximum atomic E-state index is 12.3. The van der Waals surface area contributed by atoms with E-state index in [1.165, 1.54) is 12.1 Å². The normalized spacial score (nSPS) is 21.3. The first-order chi connectivity index (χ1) is 9.81. The van der Waals surface area contributed by atoms with Crippen molar-refractivity contribution >= 4 is 29.2 Å². The van der Waals surface area contributed by atoms with Gasteiger partial charge in [0.1, 0.15) is 11.6 Å². The molecular formula is C12H11ClN2O6. The molecule has 0 bridgehead atoms. The number of aliphatic carboxylic acids is 1. The molecule has 0 spiro atoms. The van der Waals surface area contributed by atoms with Crippen LogP contribution in [-0.4, -0.2) is 50.6 Å². The van der Waals surface area contributed by atoms with Crippen molar-refractivity contribution in [1.29, 1.82) is 0 Å². The van der Waals surface area contributed by atoms with Gasteiger partial charge in [-0.05, 0) is 12.1 Å². The van der Waals surface area contributed by atoms with Crippen LogP contribution in [0.15, 0.2) is 18.2 Å². The molecule has 0 saturated carbocycles. The molecule has 0 radical (unpaired) electrons. The predicted octanol–water partition coefficient (Wildman–Crippen LogP) is 0.908. The van der Waals surface area contributed by atoms with E-state index >= 15 is 0 Å². The fraction of sp³-hybridized carbons (Fsp3) is 0.333. The van der Waals surface area contributed by atoms with Crippen molar-refractivity contribution < 1.29 is 24.7 Å². The summed E-state index contributed by atoms with van der Waals surface area (Å²) < 4.78 is 0. The maximum Gasteiger partial charge on any atom is 0.326 e. The van der Waals surface area contributed by atoms with E-state index in [-0.39, 0.29) is 23.6 Å². The van der Waals surface area contributed by atoms with Crippen molar-refractivity contribution in [1.82, 2.24) is 4.90 Å². The van der Waals surface area contributed by atoms with Crippen LogP contribution >= 0.6 is 11.6 Å². The highest BCUT2D eigenvalue weighted by Crippen LogP contribution is 2.27. The third kappa shape index (κ3) is 2.96. The molecule has 1 amide bonds. The highest BCUT2D eigenvalue weighted by molar-refractivity contribution is 6.31. The molecule has 1 fully saturated rings. The Kier molecular flexibility index (Phi) is 4.10. The van der Waals surface area contributed by atoms with Gasteiger partial charge in [-0.1, -0.05) is 11.6 Å². The van der Waals surface area contributed by atoms with Gasteiger partial charge in [0.25, 0.3) is 11.6 Å². The lowest BCUT2D eigenvalue weighted by Crippen LogP contribution is -2.40. The predicted molar refractivity (Wildman–Crippen MR) is 71.2 cm³/mol. The van der Waals surface area contributed by atoms with Crippen molar-refractivity contribution in [2.45, 2.75) is 18.6 Å². The topological polar surface area (TPSA) is 121 Å². The molecule has 112 valence electrons. The lowest BCUT2D eigenvalue weighted by atomic mass is 10.1. The number of halogens is 1. The molecule has 2 atom stereocenters. The summed E-state index contributed by atoms with van der Waals surface area (Å²) in [7, 11) is 0. The quantitative estimate of drug-likeness (QED) is 0.631. The van der Waals surface area contributed by atoms with Gasteiger partial charge in [0.2, 0.25) is 0 Å². The minimum Gasteiger partial charge on any atom is -0.480 e. The number of nitro benzene ring substituents is 1. The number of hydrogen-bond acceptors (Lipinski definition) is 5. The van der Waals surface area contributed by atoms with E-state index in [0.717, 1.165) is 11.0 Å². The first-order valence-electron chi connectivity index (χ1n) is 5.97.